The molecule has 0 radical (unpaired) electrons. The largest absolute Gasteiger partial charge is 0.472 e. The highest BCUT2D eigenvalue weighted by Gasteiger charge is 2.27. The molecule has 9 nitrogen and oxygen atoms in total. The molecule has 0 aliphatic rings. The second-order valence-electron chi connectivity index (χ2n) is 26.0. The number of phosphoric ester groups is 1. The maximum Gasteiger partial charge on any atom is 0.472 e. The number of hydrogen-bond acceptors (Lipinski definition) is 7. The van der Waals surface area contributed by atoms with Crippen LogP contribution in [0.4, 0.5) is 0 Å². The number of unbranched alkanes of at least 4 members (excludes halogenated alkanes) is 54. The molecule has 0 fully saturated rings. The Morgan fingerprint density at radius 3 is 0.800 bits per heavy atom. The Labute approximate surface area is 499 Å². The van der Waals surface area contributed by atoms with Crippen molar-refractivity contribution in [3.63, 3.8) is 0 Å². The molecule has 0 aromatic heterocycles. The monoisotopic (exact) mass is 1160 g/mol. The first-order chi connectivity index (χ1) is 39.0. The second-order valence-corrected chi connectivity index (χ2v) is 27.5. The van der Waals surface area contributed by atoms with Crippen molar-refractivity contribution in [2.45, 2.75) is 392 Å². The van der Waals surface area contributed by atoms with Gasteiger partial charge in [-0.05, 0) is 12.8 Å². The van der Waals surface area contributed by atoms with E-state index in [0.717, 1.165) is 38.5 Å². The maximum atomic E-state index is 12.9. The number of carbonyl (C=O) groups is 2. The summed E-state index contributed by atoms with van der Waals surface area (Å²) < 4.78 is 34.8. The number of likely N-dealkylation sites (N-methyl/N-ethyl adjacent to an activating group) is 1. The maximum absolute atomic E-state index is 12.9. The third kappa shape index (κ3) is 66.2. The summed E-state index contributed by atoms with van der Waals surface area (Å²) in [6, 6.07) is 0. The molecule has 2 unspecified atom stereocenters. The van der Waals surface area contributed by atoms with Crippen molar-refractivity contribution < 1.29 is 42.1 Å². The number of phosphoric acid groups is 1. The van der Waals surface area contributed by atoms with Crippen molar-refractivity contribution in [1.82, 2.24) is 0 Å². The number of carbonyl (C=O) groups excluding carboxylic acids is 2. The number of esters is 2. The van der Waals surface area contributed by atoms with Crippen molar-refractivity contribution >= 4 is 19.8 Å². The predicted octanol–water partition coefficient (Wildman–Crippen LogP) is 22.9. The minimum absolute atomic E-state index is 0.0377. The van der Waals surface area contributed by atoms with Crippen molar-refractivity contribution in [1.29, 1.82) is 0 Å². The summed E-state index contributed by atoms with van der Waals surface area (Å²) in [6.45, 7) is 4.53. The molecule has 0 aromatic rings. The molecule has 2 atom stereocenters. The Balaban J connectivity index is 3.96. The van der Waals surface area contributed by atoms with Crippen LogP contribution in [0.15, 0.2) is 0 Å². The van der Waals surface area contributed by atoms with E-state index in [9.17, 15) is 19.0 Å². The zero-order valence-corrected chi connectivity index (χ0v) is 55.5. The summed E-state index contributed by atoms with van der Waals surface area (Å²) in [6.07, 6.45) is 75.1. The van der Waals surface area contributed by atoms with E-state index in [1.807, 2.05) is 21.1 Å². The van der Waals surface area contributed by atoms with E-state index in [1.54, 1.807) is 0 Å². The van der Waals surface area contributed by atoms with Gasteiger partial charge in [-0.3, -0.25) is 18.6 Å². The molecule has 0 saturated heterocycles. The van der Waals surface area contributed by atoms with Gasteiger partial charge in [0.2, 0.25) is 0 Å². The molecule has 0 heterocycles. The number of quaternary nitrogens is 1. The molecule has 10 heteroatoms. The zero-order chi connectivity index (χ0) is 58.4. The fraction of sp³-hybridized carbons (Fsp3) is 0.971. The standard InChI is InChI=1S/C70H140NO8P/c1-6-8-10-12-14-16-18-20-22-24-26-28-30-32-34-35-36-37-39-41-43-45-47-49-51-53-55-57-59-61-63-70(73)79-68(67-78-80(74,75)77-65-64-71(3,4)5)66-76-69(72)62-60-58-56-54-52-50-48-46-44-42-40-38-33-31-29-27-25-23-21-19-17-15-13-11-9-7-2/h68H,6-67H2,1-5H3/p+1. The van der Waals surface area contributed by atoms with Crippen LogP contribution in [-0.4, -0.2) is 74.9 Å². The van der Waals surface area contributed by atoms with Gasteiger partial charge >= 0.3 is 19.8 Å². The summed E-state index contributed by atoms with van der Waals surface area (Å²) in [5.41, 5.74) is 0. The van der Waals surface area contributed by atoms with E-state index in [1.165, 1.54) is 321 Å². The van der Waals surface area contributed by atoms with E-state index < -0.39 is 26.5 Å². The summed E-state index contributed by atoms with van der Waals surface area (Å²) in [5.74, 6) is -0.767. The van der Waals surface area contributed by atoms with Crippen LogP contribution >= 0.6 is 7.82 Å². The molecule has 0 aromatic carbocycles. The molecule has 0 spiro atoms. The highest BCUT2D eigenvalue weighted by Crippen LogP contribution is 2.43. The van der Waals surface area contributed by atoms with Crippen LogP contribution in [0.1, 0.15) is 386 Å². The topological polar surface area (TPSA) is 108 Å². The third-order valence-electron chi connectivity index (χ3n) is 16.6. The minimum atomic E-state index is -4.38. The average molecular weight is 1160 g/mol. The van der Waals surface area contributed by atoms with Gasteiger partial charge in [-0.1, -0.05) is 361 Å². The lowest BCUT2D eigenvalue weighted by atomic mass is 10.0. The fourth-order valence-corrected chi connectivity index (χ4v) is 11.9. The van der Waals surface area contributed by atoms with Crippen molar-refractivity contribution in [2.24, 2.45) is 0 Å². The van der Waals surface area contributed by atoms with Gasteiger partial charge < -0.3 is 18.9 Å². The average Bonchev–Trinajstić information content (AvgIpc) is 3.42. The molecule has 0 saturated carbocycles. The smallest absolute Gasteiger partial charge is 0.462 e. The number of rotatable bonds is 68. The van der Waals surface area contributed by atoms with Gasteiger partial charge in [-0.15, -0.1) is 0 Å². The van der Waals surface area contributed by atoms with Crippen LogP contribution in [0.3, 0.4) is 0 Å². The molecule has 80 heavy (non-hydrogen) atoms. The first-order valence-corrected chi connectivity index (χ1v) is 37.3. The quantitative estimate of drug-likeness (QED) is 0.0278. The first-order valence-electron chi connectivity index (χ1n) is 35.8. The Morgan fingerprint density at radius 1 is 0.338 bits per heavy atom. The van der Waals surface area contributed by atoms with Gasteiger partial charge in [0.1, 0.15) is 19.8 Å². The molecule has 0 bridgehead atoms. The van der Waals surface area contributed by atoms with Gasteiger partial charge in [0, 0.05) is 12.8 Å². The molecule has 0 aliphatic heterocycles. The second kappa shape index (κ2) is 62.5. The van der Waals surface area contributed by atoms with E-state index in [4.69, 9.17) is 18.5 Å². The summed E-state index contributed by atoms with van der Waals surface area (Å²) in [7, 11) is 1.51. The Kier molecular flexibility index (Phi) is 61.8. The molecule has 0 aliphatic carbocycles. The summed E-state index contributed by atoms with van der Waals surface area (Å²) in [5, 5.41) is 0. The molecular formula is C70H141NO8P+. The molecule has 0 rings (SSSR count). The van der Waals surface area contributed by atoms with Crippen LogP contribution in [0.5, 0.6) is 0 Å². The summed E-state index contributed by atoms with van der Waals surface area (Å²) >= 11 is 0. The van der Waals surface area contributed by atoms with Crippen LogP contribution in [0, 0.1) is 0 Å². The SMILES string of the molecule is CCCCCCCCCCCCCCCCCCCCCCCCCCCCCCCCC(=O)OC(COC(=O)CCCCCCCCCCCCCCCCCCCCCCCCCCCC)COP(=O)(O)OCC[N+](C)(C)C. The van der Waals surface area contributed by atoms with Gasteiger partial charge in [0.25, 0.3) is 0 Å². The van der Waals surface area contributed by atoms with Gasteiger partial charge in [-0.25, -0.2) is 4.57 Å². The van der Waals surface area contributed by atoms with Crippen molar-refractivity contribution in [3.8, 4) is 0 Å². The lowest BCUT2D eigenvalue weighted by Crippen LogP contribution is -2.37. The molecular weight excluding hydrogens is 1010 g/mol. The van der Waals surface area contributed by atoms with Crippen molar-refractivity contribution in [3.05, 3.63) is 0 Å². The predicted molar refractivity (Wildman–Crippen MR) is 345 cm³/mol. The van der Waals surface area contributed by atoms with Gasteiger partial charge in [-0.2, -0.15) is 0 Å². The third-order valence-corrected chi connectivity index (χ3v) is 17.6. The van der Waals surface area contributed by atoms with Crippen LogP contribution < -0.4 is 0 Å². The number of hydrogen-bond donors (Lipinski definition) is 1. The van der Waals surface area contributed by atoms with Crippen LogP contribution in [0.2, 0.25) is 0 Å². The number of nitrogens with zero attached hydrogens (tertiary/aromatic N) is 1. The van der Waals surface area contributed by atoms with E-state index in [0.29, 0.717) is 17.4 Å². The molecule has 478 valence electrons. The molecule has 1 N–H and O–H groups in total. The van der Waals surface area contributed by atoms with Gasteiger partial charge in [0.05, 0.1) is 27.7 Å². The Bertz CT molecular complexity index is 1310. The minimum Gasteiger partial charge on any atom is -0.462 e. The zero-order valence-electron chi connectivity index (χ0n) is 54.6. The van der Waals surface area contributed by atoms with E-state index in [2.05, 4.69) is 13.8 Å². The van der Waals surface area contributed by atoms with Gasteiger partial charge in [0.15, 0.2) is 6.10 Å². The van der Waals surface area contributed by atoms with Crippen molar-refractivity contribution in [2.75, 3.05) is 47.5 Å². The fourth-order valence-electron chi connectivity index (χ4n) is 11.1. The number of ether oxygens (including phenoxy) is 2. The van der Waals surface area contributed by atoms with E-state index >= 15 is 0 Å². The Hall–Kier alpha value is -0.990. The lowest BCUT2D eigenvalue weighted by Gasteiger charge is -2.24. The first kappa shape index (κ1) is 79.0. The van der Waals surface area contributed by atoms with Crippen LogP contribution in [-0.2, 0) is 32.7 Å². The normalized spacial score (nSPS) is 13.0. The highest BCUT2D eigenvalue weighted by atomic mass is 31.2. The molecule has 0 amide bonds. The Morgan fingerprint density at radius 2 is 0.562 bits per heavy atom. The van der Waals surface area contributed by atoms with E-state index in [-0.39, 0.29) is 25.6 Å². The lowest BCUT2D eigenvalue weighted by molar-refractivity contribution is -0.870. The van der Waals surface area contributed by atoms with Crippen LogP contribution in [0.25, 0.3) is 0 Å². The highest BCUT2D eigenvalue weighted by molar-refractivity contribution is 7.47. The summed E-state index contributed by atoms with van der Waals surface area (Å²) in [4.78, 5) is 35.9.